The topological polar surface area (TPSA) is 98.7 Å². The quantitative estimate of drug-likeness (QED) is 0.764. The third kappa shape index (κ3) is 3.54. The van der Waals surface area contributed by atoms with Crippen LogP contribution in [0, 0.1) is 11.3 Å². The number of aliphatic carboxylic acids is 1. The molecule has 0 fully saturated rings. The standard InChI is InChI=1S/C19H16N4O3/c1-22(18(24)6-7-19(25)26)15-8-9-23-12-16(21-17(23)10-15)14-4-2-13(11-20)3-5-14/h2-5,8-10,12H,6-7H2,1H3,(H,25,26). The molecule has 1 amide bonds. The molecule has 2 aromatic heterocycles. The number of aromatic nitrogens is 2. The molecular formula is C19H16N4O3. The molecule has 7 heteroatoms. The summed E-state index contributed by atoms with van der Waals surface area (Å²) < 4.78 is 1.84. The number of anilines is 1. The number of nitriles is 1. The first-order chi connectivity index (χ1) is 12.5. The lowest BCUT2D eigenvalue weighted by Gasteiger charge is -2.16. The van der Waals surface area contributed by atoms with Gasteiger partial charge in [-0.05, 0) is 18.2 Å². The van der Waals surface area contributed by atoms with Crippen LogP contribution in [-0.4, -0.2) is 33.4 Å². The zero-order valence-corrected chi connectivity index (χ0v) is 14.1. The molecule has 3 aromatic rings. The normalized spacial score (nSPS) is 10.5. The highest BCUT2D eigenvalue weighted by atomic mass is 16.4. The van der Waals surface area contributed by atoms with E-state index in [1.54, 1.807) is 37.5 Å². The van der Waals surface area contributed by atoms with Crippen LogP contribution in [0.2, 0.25) is 0 Å². The molecule has 2 heterocycles. The van der Waals surface area contributed by atoms with Crippen LogP contribution >= 0.6 is 0 Å². The van der Waals surface area contributed by atoms with Crippen molar-refractivity contribution in [1.82, 2.24) is 9.38 Å². The highest BCUT2D eigenvalue weighted by molar-refractivity contribution is 5.94. The van der Waals surface area contributed by atoms with E-state index in [9.17, 15) is 9.59 Å². The van der Waals surface area contributed by atoms with Crippen molar-refractivity contribution in [2.75, 3.05) is 11.9 Å². The number of carboxylic acid groups (broad SMARTS) is 1. The molecule has 3 rings (SSSR count). The minimum absolute atomic E-state index is 0.0536. The van der Waals surface area contributed by atoms with Gasteiger partial charge in [-0.15, -0.1) is 0 Å². The Bertz CT molecular complexity index is 1020. The zero-order valence-electron chi connectivity index (χ0n) is 14.1. The molecule has 0 aliphatic rings. The average Bonchev–Trinajstić information content (AvgIpc) is 3.08. The van der Waals surface area contributed by atoms with E-state index in [0.29, 0.717) is 16.9 Å². The van der Waals surface area contributed by atoms with Crippen molar-refractivity contribution in [3.05, 3.63) is 54.4 Å². The second-order valence-corrected chi connectivity index (χ2v) is 5.81. The molecule has 0 atom stereocenters. The number of pyridine rings is 1. The smallest absolute Gasteiger partial charge is 0.303 e. The molecule has 0 radical (unpaired) electrons. The number of hydrogen-bond donors (Lipinski definition) is 1. The van der Waals surface area contributed by atoms with Crippen LogP contribution in [0.15, 0.2) is 48.8 Å². The largest absolute Gasteiger partial charge is 0.481 e. The Balaban J connectivity index is 1.86. The van der Waals surface area contributed by atoms with E-state index in [1.165, 1.54) is 4.90 Å². The summed E-state index contributed by atoms with van der Waals surface area (Å²) in [6.07, 6.45) is 3.41. The first-order valence-corrected chi connectivity index (χ1v) is 7.95. The second kappa shape index (κ2) is 7.07. The highest BCUT2D eigenvalue weighted by Crippen LogP contribution is 2.22. The number of fused-ring (bicyclic) bond motifs is 1. The van der Waals surface area contributed by atoms with E-state index >= 15 is 0 Å². The van der Waals surface area contributed by atoms with Crippen molar-refractivity contribution in [3.8, 4) is 17.3 Å². The lowest BCUT2D eigenvalue weighted by Crippen LogP contribution is -2.26. The fourth-order valence-corrected chi connectivity index (χ4v) is 2.56. The van der Waals surface area contributed by atoms with Gasteiger partial charge in [-0.1, -0.05) is 12.1 Å². The van der Waals surface area contributed by atoms with E-state index in [4.69, 9.17) is 10.4 Å². The summed E-state index contributed by atoms with van der Waals surface area (Å²) in [7, 11) is 1.61. The van der Waals surface area contributed by atoms with Crippen LogP contribution < -0.4 is 4.90 Å². The summed E-state index contributed by atoms with van der Waals surface area (Å²) in [4.78, 5) is 28.7. The molecule has 0 bridgehead atoms. The van der Waals surface area contributed by atoms with Crippen LogP contribution in [0.25, 0.3) is 16.9 Å². The number of amides is 1. The van der Waals surface area contributed by atoms with Crippen molar-refractivity contribution >= 4 is 23.2 Å². The van der Waals surface area contributed by atoms with Gasteiger partial charge in [0.1, 0.15) is 5.65 Å². The number of carboxylic acids is 1. The Morgan fingerprint density at radius 1 is 1.23 bits per heavy atom. The van der Waals surface area contributed by atoms with Crippen LogP contribution in [0.1, 0.15) is 18.4 Å². The Morgan fingerprint density at radius 2 is 1.96 bits per heavy atom. The number of hydrogen-bond acceptors (Lipinski definition) is 4. The third-order valence-corrected chi connectivity index (χ3v) is 4.07. The predicted octanol–water partition coefficient (Wildman–Crippen LogP) is 2.70. The lowest BCUT2D eigenvalue weighted by atomic mass is 10.1. The van der Waals surface area contributed by atoms with Crippen LogP contribution in [0.4, 0.5) is 5.69 Å². The van der Waals surface area contributed by atoms with Crippen molar-refractivity contribution < 1.29 is 14.7 Å². The Kier molecular flexibility index (Phi) is 4.67. The number of carbonyl (C=O) groups excluding carboxylic acids is 1. The molecule has 1 aromatic carbocycles. The van der Waals surface area contributed by atoms with Gasteiger partial charge in [-0.25, -0.2) is 4.98 Å². The number of imidazole rings is 1. The van der Waals surface area contributed by atoms with Crippen molar-refractivity contribution in [3.63, 3.8) is 0 Å². The molecule has 0 spiro atoms. The number of benzene rings is 1. The summed E-state index contributed by atoms with van der Waals surface area (Å²) in [5.41, 5.74) is 3.54. The predicted molar refractivity (Wildman–Crippen MR) is 95.6 cm³/mol. The molecule has 0 aliphatic carbocycles. The Labute approximate surface area is 149 Å². The van der Waals surface area contributed by atoms with Gasteiger partial charge >= 0.3 is 5.97 Å². The fourth-order valence-electron chi connectivity index (χ4n) is 2.56. The van der Waals surface area contributed by atoms with Gasteiger partial charge in [0.05, 0.1) is 23.7 Å². The first-order valence-electron chi connectivity index (χ1n) is 7.95. The minimum atomic E-state index is -0.998. The maximum atomic E-state index is 12.1. The minimum Gasteiger partial charge on any atom is -0.481 e. The van der Waals surface area contributed by atoms with Gasteiger partial charge in [0, 0.05) is 43.2 Å². The van der Waals surface area contributed by atoms with Crippen molar-refractivity contribution in [2.24, 2.45) is 0 Å². The third-order valence-electron chi connectivity index (χ3n) is 4.07. The van der Waals surface area contributed by atoms with Crippen molar-refractivity contribution in [1.29, 1.82) is 5.26 Å². The molecule has 0 saturated heterocycles. The van der Waals surface area contributed by atoms with Crippen molar-refractivity contribution in [2.45, 2.75) is 12.8 Å². The summed E-state index contributed by atoms with van der Waals surface area (Å²) in [5, 5.41) is 17.6. The van der Waals surface area contributed by atoms with Gasteiger partial charge in [0.25, 0.3) is 0 Å². The molecule has 1 N–H and O–H groups in total. The molecule has 26 heavy (non-hydrogen) atoms. The summed E-state index contributed by atoms with van der Waals surface area (Å²) in [6.45, 7) is 0. The van der Waals surface area contributed by atoms with E-state index in [1.807, 2.05) is 22.7 Å². The van der Waals surface area contributed by atoms with E-state index in [0.717, 1.165) is 11.3 Å². The van der Waals surface area contributed by atoms with Gasteiger partial charge in [-0.2, -0.15) is 5.26 Å². The number of nitrogens with zero attached hydrogens (tertiary/aromatic N) is 4. The average molecular weight is 348 g/mol. The molecule has 0 unspecified atom stereocenters. The van der Waals surface area contributed by atoms with Crippen LogP contribution in [0.5, 0.6) is 0 Å². The summed E-state index contributed by atoms with van der Waals surface area (Å²) in [5.74, 6) is -1.27. The maximum absolute atomic E-state index is 12.1. The van der Waals surface area contributed by atoms with Crippen LogP contribution in [0.3, 0.4) is 0 Å². The fraction of sp³-hybridized carbons (Fsp3) is 0.158. The summed E-state index contributed by atoms with van der Waals surface area (Å²) >= 11 is 0. The Hall–Kier alpha value is -3.66. The molecule has 130 valence electrons. The number of rotatable bonds is 5. The van der Waals surface area contributed by atoms with E-state index < -0.39 is 5.97 Å². The SMILES string of the molecule is CN(C(=O)CCC(=O)O)c1ccn2cc(-c3ccc(C#N)cc3)nc2c1. The maximum Gasteiger partial charge on any atom is 0.303 e. The van der Waals surface area contributed by atoms with Gasteiger partial charge in [-0.3, -0.25) is 9.59 Å². The Morgan fingerprint density at radius 3 is 2.62 bits per heavy atom. The molecule has 0 saturated carbocycles. The van der Waals surface area contributed by atoms with Gasteiger partial charge in [0.2, 0.25) is 5.91 Å². The molecule has 7 nitrogen and oxygen atoms in total. The number of carbonyl (C=O) groups is 2. The van der Waals surface area contributed by atoms with Crippen LogP contribution in [-0.2, 0) is 9.59 Å². The highest BCUT2D eigenvalue weighted by Gasteiger charge is 2.14. The molecular weight excluding hydrogens is 332 g/mol. The zero-order chi connectivity index (χ0) is 18.7. The van der Waals surface area contributed by atoms with E-state index in [-0.39, 0.29) is 18.7 Å². The van der Waals surface area contributed by atoms with E-state index in [2.05, 4.69) is 11.1 Å². The van der Waals surface area contributed by atoms with Gasteiger partial charge in [0.15, 0.2) is 0 Å². The monoisotopic (exact) mass is 348 g/mol. The molecule has 0 aliphatic heterocycles. The first kappa shape index (κ1) is 17.2. The summed E-state index contributed by atoms with van der Waals surface area (Å²) in [6, 6.07) is 12.8. The second-order valence-electron chi connectivity index (χ2n) is 5.81. The van der Waals surface area contributed by atoms with Gasteiger partial charge < -0.3 is 14.4 Å². The lowest BCUT2D eigenvalue weighted by molar-refractivity contribution is -0.138.